The van der Waals surface area contributed by atoms with Gasteiger partial charge in [0.05, 0.1) is 6.04 Å². The van der Waals surface area contributed by atoms with E-state index in [2.05, 4.69) is 34.3 Å². The summed E-state index contributed by atoms with van der Waals surface area (Å²) in [7, 11) is 0. The summed E-state index contributed by atoms with van der Waals surface area (Å²) in [5.74, 6) is 5.71. The van der Waals surface area contributed by atoms with Crippen molar-refractivity contribution in [1.29, 1.82) is 0 Å². The van der Waals surface area contributed by atoms with E-state index in [0.29, 0.717) is 0 Å². The first-order chi connectivity index (χ1) is 9.11. The molecule has 0 aromatic heterocycles. The average Bonchev–Trinajstić information content (AvgIpc) is 2.41. The Labute approximate surface area is 127 Å². The van der Waals surface area contributed by atoms with Crippen LogP contribution in [0.15, 0.2) is 46.9 Å². The number of benzene rings is 2. The molecule has 2 nitrogen and oxygen atoms in total. The van der Waals surface area contributed by atoms with E-state index in [1.54, 1.807) is 0 Å². The van der Waals surface area contributed by atoms with E-state index in [-0.39, 0.29) is 6.04 Å². The molecule has 4 heteroatoms. The highest BCUT2D eigenvalue weighted by Crippen LogP contribution is 2.27. The molecule has 0 aliphatic heterocycles. The second-order valence-corrected chi connectivity index (χ2v) is 5.81. The van der Waals surface area contributed by atoms with E-state index < -0.39 is 0 Å². The minimum atomic E-state index is 0.0393. The Bertz CT molecular complexity index is 572. The summed E-state index contributed by atoms with van der Waals surface area (Å²) in [5, 5.41) is 0.730. The summed E-state index contributed by atoms with van der Waals surface area (Å²) in [6.07, 6.45) is 0.805. The lowest BCUT2D eigenvalue weighted by molar-refractivity contribution is 0.548. The molecular formula is C15H16BrClN2. The summed E-state index contributed by atoms with van der Waals surface area (Å²) in [6.45, 7) is 2.07. The number of hydrogen-bond acceptors (Lipinski definition) is 2. The fourth-order valence-corrected chi connectivity index (χ4v) is 2.76. The lowest BCUT2D eigenvalue weighted by atomic mass is 9.96. The van der Waals surface area contributed by atoms with Gasteiger partial charge in [-0.25, -0.2) is 0 Å². The Kier molecular flexibility index (Phi) is 4.99. The van der Waals surface area contributed by atoms with Crippen LogP contribution in [0.2, 0.25) is 5.02 Å². The molecule has 0 aliphatic carbocycles. The number of hydrazine groups is 1. The zero-order valence-corrected chi connectivity index (χ0v) is 13.0. The van der Waals surface area contributed by atoms with Crippen LogP contribution >= 0.6 is 27.5 Å². The second-order valence-electron chi connectivity index (χ2n) is 4.52. The van der Waals surface area contributed by atoms with Crippen LogP contribution in [0.3, 0.4) is 0 Å². The minimum Gasteiger partial charge on any atom is -0.271 e. The van der Waals surface area contributed by atoms with Crippen molar-refractivity contribution in [2.24, 2.45) is 5.84 Å². The molecule has 1 unspecified atom stereocenters. The predicted molar refractivity (Wildman–Crippen MR) is 84.1 cm³/mol. The van der Waals surface area contributed by atoms with Crippen molar-refractivity contribution >= 4 is 27.5 Å². The summed E-state index contributed by atoms with van der Waals surface area (Å²) in [4.78, 5) is 0. The van der Waals surface area contributed by atoms with Gasteiger partial charge in [-0.3, -0.25) is 11.3 Å². The Morgan fingerprint density at radius 2 is 2.00 bits per heavy atom. The fraction of sp³-hybridized carbons (Fsp3) is 0.200. The van der Waals surface area contributed by atoms with Crippen LogP contribution in [0.4, 0.5) is 0 Å². The van der Waals surface area contributed by atoms with Crippen LogP contribution in [0.5, 0.6) is 0 Å². The third-order valence-electron chi connectivity index (χ3n) is 3.20. The molecule has 0 spiro atoms. The SMILES string of the molecule is Cc1ccc(Cl)cc1C(Cc1ccccc1Br)NN. The van der Waals surface area contributed by atoms with Crippen LogP contribution in [0.25, 0.3) is 0 Å². The lowest BCUT2D eigenvalue weighted by Crippen LogP contribution is -2.30. The molecule has 2 rings (SSSR count). The molecular weight excluding hydrogens is 324 g/mol. The predicted octanol–water partition coefficient (Wildman–Crippen LogP) is 4.16. The molecule has 0 saturated carbocycles. The first kappa shape index (κ1) is 14.5. The van der Waals surface area contributed by atoms with Crippen molar-refractivity contribution in [3.8, 4) is 0 Å². The molecule has 0 radical (unpaired) electrons. The van der Waals surface area contributed by atoms with Gasteiger partial charge in [0, 0.05) is 9.50 Å². The highest BCUT2D eigenvalue weighted by atomic mass is 79.9. The largest absolute Gasteiger partial charge is 0.271 e. The summed E-state index contributed by atoms with van der Waals surface area (Å²) >= 11 is 9.64. The molecule has 0 amide bonds. The van der Waals surface area contributed by atoms with E-state index in [1.807, 2.05) is 36.4 Å². The quantitative estimate of drug-likeness (QED) is 0.648. The van der Waals surface area contributed by atoms with Gasteiger partial charge in [-0.15, -0.1) is 0 Å². The zero-order chi connectivity index (χ0) is 13.8. The summed E-state index contributed by atoms with van der Waals surface area (Å²) < 4.78 is 1.09. The maximum absolute atomic E-state index is 6.07. The minimum absolute atomic E-state index is 0.0393. The van der Waals surface area contributed by atoms with Crippen LogP contribution in [0, 0.1) is 6.92 Å². The van der Waals surface area contributed by atoms with Crippen LogP contribution in [-0.2, 0) is 6.42 Å². The summed E-state index contributed by atoms with van der Waals surface area (Å²) in [5.41, 5.74) is 6.41. The molecule has 0 bridgehead atoms. The highest BCUT2D eigenvalue weighted by Gasteiger charge is 2.14. The Morgan fingerprint density at radius 3 is 2.68 bits per heavy atom. The Balaban J connectivity index is 2.30. The smallest absolute Gasteiger partial charge is 0.0503 e. The van der Waals surface area contributed by atoms with E-state index in [9.17, 15) is 0 Å². The van der Waals surface area contributed by atoms with Crippen molar-refractivity contribution in [2.45, 2.75) is 19.4 Å². The molecule has 0 aliphatic rings. The normalized spacial score (nSPS) is 12.4. The maximum atomic E-state index is 6.07. The van der Waals surface area contributed by atoms with Gasteiger partial charge in [-0.1, -0.05) is 51.8 Å². The molecule has 19 heavy (non-hydrogen) atoms. The zero-order valence-electron chi connectivity index (χ0n) is 10.7. The standard InChI is InChI=1S/C15H16BrClN2/c1-10-6-7-12(17)9-13(10)15(19-18)8-11-4-2-3-5-14(11)16/h2-7,9,15,19H,8,18H2,1H3. The van der Waals surface area contributed by atoms with Crippen LogP contribution < -0.4 is 11.3 Å². The number of hydrogen-bond donors (Lipinski definition) is 2. The van der Waals surface area contributed by atoms with E-state index >= 15 is 0 Å². The van der Waals surface area contributed by atoms with Gasteiger partial charge in [0.2, 0.25) is 0 Å². The molecule has 100 valence electrons. The van der Waals surface area contributed by atoms with Gasteiger partial charge in [0.15, 0.2) is 0 Å². The first-order valence-electron chi connectivity index (χ1n) is 6.07. The van der Waals surface area contributed by atoms with E-state index in [0.717, 1.165) is 21.5 Å². The van der Waals surface area contributed by atoms with Gasteiger partial charge >= 0.3 is 0 Å². The van der Waals surface area contributed by atoms with Crippen molar-refractivity contribution in [1.82, 2.24) is 5.43 Å². The maximum Gasteiger partial charge on any atom is 0.0503 e. The molecule has 2 aromatic carbocycles. The van der Waals surface area contributed by atoms with Gasteiger partial charge in [0.25, 0.3) is 0 Å². The van der Waals surface area contributed by atoms with Crippen molar-refractivity contribution in [2.75, 3.05) is 0 Å². The number of aryl methyl sites for hydroxylation is 1. The fourth-order valence-electron chi connectivity index (χ4n) is 2.13. The molecule has 2 aromatic rings. The van der Waals surface area contributed by atoms with Crippen LogP contribution in [-0.4, -0.2) is 0 Å². The molecule has 0 fully saturated rings. The Morgan fingerprint density at radius 1 is 1.26 bits per heavy atom. The number of nitrogens with one attached hydrogen (secondary N) is 1. The van der Waals surface area contributed by atoms with Gasteiger partial charge in [-0.2, -0.15) is 0 Å². The van der Waals surface area contributed by atoms with E-state index in [1.165, 1.54) is 11.1 Å². The second kappa shape index (κ2) is 6.53. The average molecular weight is 340 g/mol. The topological polar surface area (TPSA) is 38.0 Å². The van der Waals surface area contributed by atoms with Crippen molar-refractivity contribution in [3.63, 3.8) is 0 Å². The van der Waals surface area contributed by atoms with Gasteiger partial charge in [0.1, 0.15) is 0 Å². The molecule has 1 atom stereocenters. The molecule has 0 saturated heterocycles. The van der Waals surface area contributed by atoms with Crippen molar-refractivity contribution < 1.29 is 0 Å². The number of nitrogens with two attached hydrogens (primary N) is 1. The third kappa shape index (κ3) is 3.57. The number of rotatable bonds is 4. The van der Waals surface area contributed by atoms with Crippen molar-refractivity contribution in [3.05, 3.63) is 68.7 Å². The number of halogens is 2. The van der Waals surface area contributed by atoms with Crippen LogP contribution in [0.1, 0.15) is 22.7 Å². The molecule has 0 heterocycles. The first-order valence-corrected chi connectivity index (χ1v) is 7.24. The highest BCUT2D eigenvalue weighted by molar-refractivity contribution is 9.10. The lowest BCUT2D eigenvalue weighted by Gasteiger charge is -2.19. The monoisotopic (exact) mass is 338 g/mol. The summed E-state index contributed by atoms with van der Waals surface area (Å²) in [6, 6.07) is 14.1. The van der Waals surface area contributed by atoms with Gasteiger partial charge in [-0.05, 0) is 48.2 Å². The third-order valence-corrected chi connectivity index (χ3v) is 4.21. The Hall–Kier alpha value is -0.870. The van der Waals surface area contributed by atoms with E-state index in [4.69, 9.17) is 17.4 Å². The molecule has 3 N–H and O–H groups in total. The van der Waals surface area contributed by atoms with Gasteiger partial charge < -0.3 is 0 Å².